The van der Waals surface area contributed by atoms with E-state index in [2.05, 4.69) is 4.99 Å². The van der Waals surface area contributed by atoms with E-state index in [9.17, 15) is 14.0 Å². The van der Waals surface area contributed by atoms with Gasteiger partial charge in [0.05, 0.1) is 11.4 Å². The number of hydrogen-bond acceptors (Lipinski definition) is 6. The van der Waals surface area contributed by atoms with Crippen molar-refractivity contribution in [2.45, 2.75) is 12.3 Å². The number of ether oxygens (including phenoxy) is 1. The molecule has 1 aliphatic heterocycles. The molecule has 0 saturated heterocycles. The van der Waals surface area contributed by atoms with Crippen molar-refractivity contribution in [2.75, 3.05) is 17.7 Å². The van der Waals surface area contributed by atoms with E-state index >= 15 is 0 Å². The van der Waals surface area contributed by atoms with Gasteiger partial charge in [0, 0.05) is 23.9 Å². The van der Waals surface area contributed by atoms with Gasteiger partial charge in [-0.3, -0.25) is 10.5 Å². The first-order valence-corrected chi connectivity index (χ1v) is 9.84. The average Bonchev–Trinajstić information content (AvgIpc) is 2.89. The van der Waals surface area contributed by atoms with Crippen LogP contribution in [-0.2, 0) is 20.9 Å². The summed E-state index contributed by atoms with van der Waals surface area (Å²) in [6.45, 7) is -0.0773. The van der Waals surface area contributed by atoms with Gasteiger partial charge in [0.25, 0.3) is 11.6 Å². The van der Waals surface area contributed by atoms with Crippen molar-refractivity contribution in [1.82, 2.24) is 0 Å². The summed E-state index contributed by atoms with van der Waals surface area (Å²) in [6, 6.07) is 19.5. The van der Waals surface area contributed by atoms with Crippen molar-refractivity contribution in [3.63, 3.8) is 0 Å². The highest BCUT2D eigenvalue weighted by atomic mass is 19.1. The first kappa shape index (κ1) is 21.2. The molecule has 1 heterocycles. The van der Waals surface area contributed by atoms with E-state index < -0.39 is 23.4 Å². The van der Waals surface area contributed by atoms with Crippen molar-refractivity contribution in [3.05, 3.63) is 95.3 Å². The smallest absolute Gasteiger partial charge is 0.359 e. The highest BCUT2D eigenvalue weighted by molar-refractivity contribution is 6.26. The van der Waals surface area contributed by atoms with E-state index in [0.717, 1.165) is 5.56 Å². The van der Waals surface area contributed by atoms with Gasteiger partial charge >= 0.3 is 5.97 Å². The zero-order valence-electron chi connectivity index (χ0n) is 17.3. The minimum absolute atomic E-state index is 0.0773. The number of carbonyl (C=O) groups excluding carboxylic acids is 2. The lowest BCUT2D eigenvalue weighted by molar-refractivity contribution is -0.154. The molecule has 0 fully saturated rings. The molecule has 1 atom stereocenters. The first-order valence-electron chi connectivity index (χ1n) is 9.84. The molecule has 1 aliphatic rings. The molecule has 32 heavy (non-hydrogen) atoms. The summed E-state index contributed by atoms with van der Waals surface area (Å²) in [6.07, 6.45) is 0. The standard InChI is InChI=1S/C24H21FN4O3/c1-29-19-9-5-8-18(26)20(19)21(16-10-12-17(25)13-11-16)28-24(27,22(29)30)23(31)32-14-15-6-3-2-4-7-15/h2-13H,14,26-27H2,1H3. The van der Waals surface area contributed by atoms with Crippen molar-refractivity contribution in [2.24, 2.45) is 10.7 Å². The van der Waals surface area contributed by atoms with Crippen LogP contribution in [0.15, 0.2) is 77.8 Å². The molecule has 8 heteroatoms. The first-order chi connectivity index (χ1) is 15.3. The summed E-state index contributed by atoms with van der Waals surface area (Å²) in [5, 5.41) is 0. The van der Waals surface area contributed by atoms with Gasteiger partial charge in [0.1, 0.15) is 12.4 Å². The Kier molecular flexibility index (Phi) is 5.46. The predicted octanol–water partition coefficient (Wildman–Crippen LogP) is 2.62. The molecule has 0 radical (unpaired) electrons. The van der Waals surface area contributed by atoms with E-state index in [1.165, 1.54) is 36.2 Å². The van der Waals surface area contributed by atoms with Gasteiger partial charge in [0.2, 0.25) is 0 Å². The molecular formula is C24H21FN4O3. The summed E-state index contributed by atoms with van der Waals surface area (Å²) < 4.78 is 18.9. The van der Waals surface area contributed by atoms with Crippen LogP contribution in [0.25, 0.3) is 0 Å². The second-order valence-corrected chi connectivity index (χ2v) is 7.40. The van der Waals surface area contributed by atoms with Crippen LogP contribution in [0.5, 0.6) is 0 Å². The summed E-state index contributed by atoms with van der Waals surface area (Å²) in [5.74, 6) is -2.23. The van der Waals surface area contributed by atoms with Crippen LogP contribution in [0, 0.1) is 5.82 Å². The van der Waals surface area contributed by atoms with Crippen LogP contribution in [-0.4, -0.2) is 30.3 Å². The summed E-state index contributed by atoms with van der Waals surface area (Å²) >= 11 is 0. The number of esters is 1. The number of hydrogen-bond donors (Lipinski definition) is 2. The van der Waals surface area contributed by atoms with Crippen LogP contribution in [0.1, 0.15) is 16.7 Å². The Hall–Kier alpha value is -4.04. The molecule has 0 aliphatic carbocycles. The number of carbonyl (C=O) groups is 2. The van der Waals surface area contributed by atoms with Crippen LogP contribution >= 0.6 is 0 Å². The third-order valence-electron chi connectivity index (χ3n) is 5.23. The molecule has 162 valence electrons. The highest BCUT2D eigenvalue weighted by Crippen LogP contribution is 2.34. The maximum atomic E-state index is 13.5. The van der Waals surface area contributed by atoms with Crippen LogP contribution < -0.4 is 16.4 Å². The van der Waals surface area contributed by atoms with Gasteiger partial charge in [-0.1, -0.05) is 36.4 Å². The van der Waals surface area contributed by atoms with E-state index in [1.807, 2.05) is 6.07 Å². The van der Waals surface area contributed by atoms with E-state index in [4.69, 9.17) is 16.2 Å². The number of nitrogens with two attached hydrogens (primary N) is 2. The molecule has 0 spiro atoms. The zero-order valence-corrected chi connectivity index (χ0v) is 17.3. The molecule has 7 nitrogen and oxygen atoms in total. The van der Waals surface area contributed by atoms with Crippen molar-refractivity contribution in [3.8, 4) is 0 Å². The summed E-state index contributed by atoms with van der Waals surface area (Å²) in [7, 11) is 1.48. The average molecular weight is 432 g/mol. The fraction of sp³-hybridized carbons (Fsp3) is 0.125. The molecule has 0 aromatic heterocycles. The maximum absolute atomic E-state index is 13.5. The molecule has 0 saturated carbocycles. The minimum atomic E-state index is -2.36. The normalized spacial score (nSPS) is 17.9. The Morgan fingerprint density at radius 2 is 1.75 bits per heavy atom. The summed E-state index contributed by atoms with van der Waals surface area (Å²) in [5.41, 5.74) is 12.7. The molecule has 4 N–H and O–H groups in total. The second-order valence-electron chi connectivity index (χ2n) is 7.40. The van der Waals surface area contributed by atoms with Crippen LogP contribution in [0.2, 0.25) is 0 Å². The van der Waals surface area contributed by atoms with E-state index in [1.54, 1.807) is 42.5 Å². The number of rotatable bonds is 4. The van der Waals surface area contributed by atoms with Crippen molar-refractivity contribution < 1.29 is 18.7 Å². The quantitative estimate of drug-likeness (QED) is 0.374. The fourth-order valence-electron chi connectivity index (χ4n) is 3.52. The Labute approximate surface area is 184 Å². The molecule has 0 bridgehead atoms. The number of halogens is 1. The summed E-state index contributed by atoms with van der Waals surface area (Å²) in [4.78, 5) is 32.0. The van der Waals surface area contributed by atoms with E-state index in [-0.39, 0.29) is 12.3 Å². The minimum Gasteiger partial charge on any atom is -0.458 e. The molecule has 4 rings (SSSR count). The number of anilines is 2. The predicted molar refractivity (Wildman–Crippen MR) is 119 cm³/mol. The lowest BCUT2D eigenvalue weighted by Crippen LogP contribution is -2.59. The molecule has 1 amide bonds. The number of amides is 1. The largest absolute Gasteiger partial charge is 0.458 e. The number of aliphatic imine (C=N–C) groups is 1. The lowest BCUT2D eigenvalue weighted by Gasteiger charge is -2.26. The molecular weight excluding hydrogens is 411 g/mol. The van der Waals surface area contributed by atoms with Gasteiger partial charge in [0.15, 0.2) is 0 Å². The maximum Gasteiger partial charge on any atom is 0.359 e. The lowest BCUT2D eigenvalue weighted by atomic mass is 9.98. The monoisotopic (exact) mass is 432 g/mol. The Morgan fingerprint density at radius 3 is 2.44 bits per heavy atom. The molecule has 3 aromatic rings. The fourth-order valence-corrected chi connectivity index (χ4v) is 3.52. The zero-order chi connectivity index (χ0) is 22.9. The SMILES string of the molecule is CN1C(=O)C(N)(C(=O)OCc2ccccc2)N=C(c2ccc(F)cc2)c2c(N)cccc21. The number of benzene rings is 3. The Balaban J connectivity index is 1.83. The molecule has 3 aromatic carbocycles. The third kappa shape index (κ3) is 3.72. The third-order valence-corrected chi connectivity index (χ3v) is 5.23. The molecule has 1 unspecified atom stereocenters. The van der Waals surface area contributed by atoms with Crippen LogP contribution in [0.4, 0.5) is 15.8 Å². The van der Waals surface area contributed by atoms with E-state index in [0.29, 0.717) is 22.5 Å². The van der Waals surface area contributed by atoms with Gasteiger partial charge < -0.3 is 15.4 Å². The number of benzodiazepines with no additional fused rings is 1. The van der Waals surface area contributed by atoms with Gasteiger partial charge in [-0.15, -0.1) is 0 Å². The Bertz CT molecular complexity index is 1210. The number of nitrogens with zero attached hydrogens (tertiary/aromatic N) is 2. The Morgan fingerprint density at radius 1 is 1.06 bits per heavy atom. The topological polar surface area (TPSA) is 111 Å². The van der Waals surface area contributed by atoms with Crippen LogP contribution in [0.3, 0.4) is 0 Å². The van der Waals surface area contributed by atoms with Gasteiger partial charge in [-0.2, -0.15) is 0 Å². The number of likely N-dealkylation sites (N-methyl/N-ethyl adjacent to an activating group) is 1. The second kappa shape index (κ2) is 8.24. The van der Waals surface area contributed by atoms with Crippen molar-refractivity contribution >= 4 is 29.0 Å². The van der Waals surface area contributed by atoms with Gasteiger partial charge in [-0.25, -0.2) is 14.2 Å². The van der Waals surface area contributed by atoms with Crippen molar-refractivity contribution in [1.29, 1.82) is 0 Å². The van der Waals surface area contributed by atoms with Gasteiger partial charge in [-0.05, 0) is 42.0 Å². The number of fused-ring (bicyclic) bond motifs is 1. The highest BCUT2D eigenvalue weighted by Gasteiger charge is 2.49. The number of nitrogen functional groups attached to an aromatic ring is 1.